The fourth-order valence-corrected chi connectivity index (χ4v) is 2.39. The van der Waals surface area contributed by atoms with Crippen LogP contribution < -0.4 is 10.9 Å². The molecule has 102 valence electrons. The van der Waals surface area contributed by atoms with Crippen LogP contribution in [0.15, 0.2) is 11.0 Å². The Balaban J connectivity index is 2.92. The molecular weight excluding hydrogens is 274 g/mol. The molecule has 1 aromatic rings. The minimum absolute atomic E-state index is 0.0128. The maximum absolute atomic E-state index is 11.8. The first-order valence-corrected chi connectivity index (χ1v) is 7.37. The third-order valence-electron chi connectivity index (χ3n) is 2.71. The molecule has 1 heterocycles. The predicted molar refractivity (Wildman–Crippen MR) is 76.7 cm³/mol. The Labute approximate surface area is 116 Å². The smallest absolute Gasteiger partial charge is 0.287 e. The van der Waals surface area contributed by atoms with E-state index in [9.17, 15) is 9.90 Å². The van der Waals surface area contributed by atoms with Crippen LogP contribution in [-0.4, -0.2) is 39.0 Å². The van der Waals surface area contributed by atoms with Crippen molar-refractivity contribution in [2.45, 2.75) is 31.7 Å². The monoisotopic (exact) mass is 291 g/mol. The lowest BCUT2D eigenvalue weighted by molar-refractivity contribution is 0.288. The van der Waals surface area contributed by atoms with Crippen molar-refractivity contribution in [3.63, 3.8) is 0 Å². The van der Waals surface area contributed by atoms with Crippen molar-refractivity contribution in [2.75, 3.05) is 18.2 Å². The minimum Gasteiger partial charge on any atom is -0.395 e. The molecule has 0 saturated heterocycles. The van der Waals surface area contributed by atoms with Crippen LogP contribution in [0.5, 0.6) is 0 Å². The first-order chi connectivity index (χ1) is 8.54. The molecule has 0 bridgehead atoms. The zero-order valence-corrected chi connectivity index (χ0v) is 12.3. The van der Waals surface area contributed by atoms with Gasteiger partial charge in [-0.05, 0) is 20.1 Å². The number of rotatable bonds is 6. The SMILES string of the molecule is CCn1ncc(NC(C)C(CO)SC)c(Cl)c1=O. The zero-order valence-electron chi connectivity index (χ0n) is 10.7. The van der Waals surface area contributed by atoms with Crippen LogP contribution in [-0.2, 0) is 6.54 Å². The van der Waals surface area contributed by atoms with Crippen molar-refractivity contribution < 1.29 is 5.11 Å². The molecule has 2 N–H and O–H groups in total. The van der Waals surface area contributed by atoms with Crippen molar-refractivity contribution >= 4 is 29.1 Å². The quantitative estimate of drug-likeness (QED) is 0.830. The van der Waals surface area contributed by atoms with Gasteiger partial charge in [0.25, 0.3) is 5.56 Å². The number of aromatic nitrogens is 2. The molecule has 0 fully saturated rings. The number of thioether (sulfide) groups is 1. The fraction of sp³-hybridized carbons (Fsp3) is 0.636. The molecule has 0 aliphatic heterocycles. The molecular formula is C11H18ClN3O2S. The summed E-state index contributed by atoms with van der Waals surface area (Å²) >= 11 is 7.56. The Morgan fingerprint density at radius 3 is 2.83 bits per heavy atom. The molecule has 1 aromatic heterocycles. The first-order valence-electron chi connectivity index (χ1n) is 5.70. The average molecular weight is 292 g/mol. The van der Waals surface area contributed by atoms with Crippen molar-refractivity contribution in [3.8, 4) is 0 Å². The van der Waals surface area contributed by atoms with E-state index in [1.54, 1.807) is 18.0 Å². The van der Waals surface area contributed by atoms with Gasteiger partial charge in [0.15, 0.2) is 0 Å². The minimum atomic E-state index is -0.305. The van der Waals surface area contributed by atoms with Crippen molar-refractivity contribution in [1.82, 2.24) is 9.78 Å². The van der Waals surface area contributed by atoms with Crippen LogP contribution in [0.2, 0.25) is 5.02 Å². The first kappa shape index (κ1) is 15.3. The van der Waals surface area contributed by atoms with Gasteiger partial charge in [0.05, 0.1) is 18.5 Å². The highest BCUT2D eigenvalue weighted by Crippen LogP contribution is 2.20. The standard InChI is InChI=1S/C11H18ClN3O2S/c1-4-15-11(17)10(12)8(5-13-15)14-7(2)9(6-16)18-3/h5,7,9,14,16H,4,6H2,1-3H3. The molecule has 18 heavy (non-hydrogen) atoms. The number of hydrogen-bond acceptors (Lipinski definition) is 5. The Morgan fingerprint density at radius 1 is 1.67 bits per heavy atom. The number of halogens is 1. The van der Waals surface area contributed by atoms with Crippen LogP contribution >= 0.6 is 23.4 Å². The van der Waals surface area contributed by atoms with Gasteiger partial charge in [0.1, 0.15) is 5.02 Å². The Morgan fingerprint density at radius 2 is 2.33 bits per heavy atom. The van der Waals surface area contributed by atoms with E-state index in [1.807, 2.05) is 20.1 Å². The molecule has 7 heteroatoms. The van der Waals surface area contributed by atoms with Crippen LogP contribution in [0.25, 0.3) is 0 Å². The van der Waals surface area contributed by atoms with Crippen LogP contribution in [0, 0.1) is 0 Å². The highest BCUT2D eigenvalue weighted by Gasteiger charge is 2.17. The molecule has 0 spiro atoms. The molecule has 0 aliphatic carbocycles. The molecule has 5 nitrogen and oxygen atoms in total. The Kier molecular flexibility index (Phi) is 5.98. The van der Waals surface area contributed by atoms with E-state index in [0.29, 0.717) is 12.2 Å². The van der Waals surface area contributed by atoms with Crippen molar-refractivity contribution in [3.05, 3.63) is 21.6 Å². The summed E-state index contributed by atoms with van der Waals surface area (Å²) in [6.07, 6.45) is 3.46. The van der Waals surface area contributed by atoms with Gasteiger partial charge in [-0.1, -0.05) is 11.6 Å². The summed E-state index contributed by atoms with van der Waals surface area (Å²) in [6.45, 7) is 4.31. The van der Waals surface area contributed by atoms with Crippen LogP contribution in [0.4, 0.5) is 5.69 Å². The van der Waals surface area contributed by atoms with Crippen molar-refractivity contribution in [2.24, 2.45) is 0 Å². The lowest BCUT2D eigenvalue weighted by atomic mass is 10.2. The molecule has 1 rings (SSSR count). The second-order valence-corrected chi connectivity index (χ2v) is 5.34. The summed E-state index contributed by atoms with van der Waals surface area (Å²) in [4.78, 5) is 11.8. The van der Waals surface area contributed by atoms with E-state index in [4.69, 9.17) is 11.6 Å². The number of nitrogens with zero attached hydrogens (tertiary/aromatic N) is 2. The van der Waals surface area contributed by atoms with Crippen LogP contribution in [0.3, 0.4) is 0 Å². The third kappa shape index (κ3) is 3.40. The zero-order chi connectivity index (χ0) is 13.7. The van der Waals surface area contributed by atoms with Crippen molar-refractivity contribution in [1.29, 1.82) is 0 Å². The lowest BCUT2D eigenvalue weighted by Gasteiger charge is -2.22. The average Bonchev–Trinajstić information content (AvgIpc) is 2.37. The summed E-state index contributed by atoms with van der Waals surface area (Å²) in [7, 11) is 0. The lowest BCUT2D eigenvalue weighted by Crippen LogP contribution is -2.32. The maximum Gasteiger partial charge on any atom is 0.287 e. The van der Waals surface area contributed by atoms with Crippen LogP contribution in [0.1, 0.15) is 13.8 Å². The van der Waals surface area contributed by atoms with Gasteiger partial charge in [-0.2, -0.15) is 16.9 Å². The van der Waals surface area contributed by atoms with Gasteiger partial charge < -0.3 is 10.4 Å². The summed E-state index contributed by atoms with van der Waals surface area (Å²) in [6, 6.07) is -0.0128. The number of aliphatic hydroxyl groups excluding tert-OH is 1. The maximum atomic E-state index is 11.8. The van der Waals surface area contributed by atoms with Gasteiger partial charge in [-0.15, -0.1) is 0 Å². The summed E-state index contributed by atoms with van der Waals surface area (Å²) in [5.41, 5.74) is 0.201. The topological polar surface area (TPSA) is 67.2 Å². The number of aryl methyl sites for hydroxylation is 1. The highest BCUT2D eigenvalue weighted by molar-refractivity contribution is 7.99. The second-order valence-electron chi connectivity index (χ2n) is 3.88. The van der Waals surface area contributed by atoms with E-state index >= 15 is 0 Å². The van der Waals surface area contributed by atoms with E-state index in [1.165, 1.54) is 4.68 Å². The van der Waals surface area contributed by atoms with E-state index in [2.05, 4.69) is 10.4 Å². The number of anilines is 1. The molecule has 2 atom stereocenters. The van der Waals surface area contributed by atoms with Gasteiger partial charge >= 0.3 is 0 Å². The highest BCUT2D eigenvalue weighted by atomic mass is 35.5. The predicted octanol–water partition coefficient (Wildman–Crippen LogP) is 1.44. The van der Waals surface area contributed by atoms with Gasteiger partial charge in [0.2, 0.25) is 0 Å². The molecule has 2 unspecified atom stereocenters. The van der Waals surface area contributed by atoms with E-state index < -0.39 is 0 Å². The fourth-order valence-electron chi connectivity index (χ4n) is 1.57. The molecule has 0 amide bonds. The largest absolute Gasteiger partial charge is 0.395 e. The number of aliphatic hydroxyl groups is 1. The second kappa shape index (κ2) is 7.01. The normalized spacial score (nSPS) is 14.3. The third-order valence-corrected chi connectivity index (χ3v) is 4.24. The molecule has 0 aromatic carbocycles. The Hall–Kier alpha value is -0.720. The van der Waals surface area contributed by atoms with Gasteiger partial charge in [0, 0.05) is 17.8 Å². The van der Waals surface area contributed by atoms with E-state index in [-0.39, 0.29) is 28.5 Å². The number of hydrogen-bond donors (Lipinski definition) is 2. The van der Waals surface area contributed by atoms with Gasteiger partial charge in [-0.3, -0.25) is 4.79 Å². The molecule has 0 saturated carbocycles. The van der Waals surface area contributed by atoms with E-state index in [0.717, 1.165) is 0 Å². The summed E-state index contributed by atoms with van der Waals surface area (Å²) < 4.78 is 1.30. The number of nitrogens with one attached hydrogen (secondary N) is 1. The summed E-state index contributed by atoms with van der Waals surface area (Å²) in [5, 5.41) is 16.5. The van der Waals surface area contributed by atoms with Gasteiger partial charge in [-0.25, -0.2) is 4.68 Å². The Bertz CT molecular complexity index is 448. The molecule has 0 radical (unpaired) electrons. The molecule has 0 aliphatic rings. The summed E-state index contributed by atoms with van der Waals surface area (Å²) in [5.74, 6) is 0.